The maximum absolute atomic E-state index is 12.5. The van der Waals surface area contributed by atoms with Gasteiger partial charge in [-0.2, -0.15) is 8.78 Å². The molecule has 0 fully saturated rings. The topological polar surface area (TPSA) is 66.8 Å². The number of para-hydroxylation sites is 1. The van der Waals surface area contributed by atoms with Crippen molar-refractivity contribution in [3.63, 3.8) is 0 Å². The minimum Gasteiger partial charge on any atom is -0.479 e. The van der Waals surface area contributed by atoms with Crippen molar-refractivity contribution < 1.29 is 28.2 Å². The summed E-state index contributed by atoms with van der Waals surface area (Å²) in [5.41, 5.74) is -1.83. The standard InChI is InChI=1S/C14H17F2NO4/c1-9(2)17(8-18)14(3,12(19)20)10-6-4-5-7-11(10)21-13(15)16/h4-9,13H,1-3H3,(H,19,20). The van der Waals surface area contributed by atoms with Crippen LogP contribution >= 0.6 is 0 Å². The molecule has 5 nitrogen and oxygen atoms in total. The third kappa shape index (κ3) is 3.29. The fourth-order valence-corrected chi connectivity index (χ4v) is 2.18. The molecule has 0 radical (unpaired) electrons. The van der Waals surface area contributed by atoms with E-state index in [1.165, 1.54) is 31.2 Å². The molecule has 0 aliphatic carbocycles. The van der Waals surface area contributed by atoms with Gasteiger partial charge in [-0.3, -0.25) is 4.79 Å². The Kier molecular flexibility index (Phi) is 5.23. The Hall–Kier alpha value is -2.18. The minimum atomic E-state index is -3.09. The van der Waals surface area contributed by atoms with Gasteiger partial charge in [0, 0.05) is 11.6 Å². The zero-order valence-electron chi connectivity index (χ0n) is 11.9. The molecule has 1 atom stereocenters. The number of hydrogen-bond acceptors (Lipinski definition) is 3. The Bertz CT molecular complexity index is 521. The van der Waals surface area contributed by atoms with Gasteiger partial charge in [-0.25, -0.2) is 4.79 Å². The highest BCUT2D eigenvalue weighted by Gasteiger charge is 2.44. The predicted molar refractivity (Wildman–Crippen MR) is 71.1 cm³/mol. The smallest absolute Gasteiger partial charge is 0.387 e. The number of rotatable bonds is 7. The average molecular weight is 301 g/mol. The van der Waals surface area contributed by atoms with Crippen molar-refractivity contribution in [1.29, 1.82) is 0 Å². The number of carboxylic acid groups (broad SMARTS) is 1. The van der Waals surface area contributed by atoms with Gasteiger partial charge in [-0.15, -0.1) is 0 Å². The summed E-state index contributed by atoms with van der Waals surface area (Å²) in [4.78, 5) is 24.0. The summed E-state index contributed by atoms with van der Waals surface area (Å²) in [5.74, 6) is -1.61. The highest BCUT2D eigenvalue weighted by molar-refractivity contribution is 5.84. The lowest BCUT2D eigenvalue weighted by Crippen LogP contribution is -2.52. The Morgan fingerprint density at radius 1 is 1.38 bits per heavy atom. The van der Waals surface area contributed by atoms with Gasteiger partial charge in [0.2, 0.25) is 6.41 Å². The van der Waals surface area contributed by atoms with Crippen LogP contribution in [0.25, 0.3) is 0 Å². The van der Waals surface area contributed by atoms with Gasteiger partial charge in [0.1, 0.15) is 5.75 Å². The van der Waals surface area contributed by atoms with Gasteiger partial charge < -0.3 is 14.7 Å². The minimum absolute atomic E-state index is 0.0152. The molecule has 0 bridgehead atoms. The first-order chi connectivity index (χ1) is 9.75. The van der Waals surface area contributed by atoms with E-state index in [1.54, 1.807) is 13.8 Å². The maximum atomic E-state index is 12.5. The number of carbonyl (C=O) groups is 2. The highest BCUT2D eigenvalue weighted by Crippen LogP contribution is 2.36. The van der Waals surface area contributed by atoms with Crippen LogP contribution in [0.4, 0.5) is 8.78 Å². The number of amides is 1. The summed E-state index contributed by atoms with van der Waals surface area (Å²) in [6.45, 7) is 1.45. The Labute approximate surface area is 121 Å². The molecule has 0 saturated heterocycles. The predicted octanol–water partition coefficient (Wildman–Crippen LogP) is 2.45. The van der Waals surface area contributed by atoms with Crippen molar-refractivity contribution >= 4 is 12.4 Å². The monoisotopic (exact) mass is 301 g/mol. The van der Waals surface area contributed by atoms with E-state index in [1.807, 2.05) is 0 Å². The summed E-state index contributed by atoms with van der Waals surface area (Å²) < 4.78 is 29.3. The lowest BCUT2D eigenvalue weighted by molar-refractivity contribution is -0.157. The van der Waals surface area contributed by atoms with Crippen LogP contribution < -0.4 is 4.74 Å². The summed E-state index contributed by atoms with van der Waals surface area (Å²) in [6, 6.07) is 5.10. The molecule has 7 heteroatoms. The van der Waals surface area contributed by atoms with E-state index in [9.17, 15) is 23.5 Å². The molecule has 0 aromatic heterocycles. The van der Waals surface area contributed by atoms with Crippen LogP contribution in [0, 0.1) is 0 Å². The van der Waals surface area contributed by atoms with E-state index in [0.29, 0.717) is 6.41 Å². The van der Waals surface area contributed by atoms with E-state index >= 15 is 0 Å². The number of alkyl halides is 2. The lowest BCUT2D eigenvalue weighted by atomic mass is 9.88. The van der Waals surface area contributed by atoms with Crippen molar-refractivity contribution in [2.24, 2.45) is 0 Å². The first-order valence-corrected chi connectivity index (χ1v) is 6.26. The fourth-order valence-electron chi connectivity index (χ4n) is 2.18. The number of nitrogens with zero attached hydrogens (tertiary/aromatic N) is 1. The number of carbonyl (C=O) groups excluding carboxylic acids is 1. The first kappa shape index (κ1) is 16.9. The number of halogens is 2. The van der Waals surface area contributed by atoms with Crippen molar-refractivity contribution in [2.75, 3.05) is 0 Å². The molecule has 21 heavy (non-hydrogen) atoms. The zero-order valence-corrected chi connectivity index (χ0v) is 11.9. The molecule has 1 unspecified atom stereocenters. The van der Waals surface area contributed by atoms with Gasteiger partial charge in [0.25, 0.3) is 0 Å². The van der Waals surface area contributed by atoms with Crippen LogP contribution in [0.15, 0.2) is 24.3 Å². The molecule has 1 N–H and O–H groups in total. The molecule has 0 aliphatic rings. The van der Waals surface area contributed by atoms with Gasteiger partial charge in [0.15, 0.2) is 5.54 Å². The lowest BCUT2D eigenvalue weighted by Gasteiger charge is -2.39. The summed E-state index contributed by atoms with van der Waals surface area (Å²) in [5, 5.41) is 9.55. The van der Waals surface area contributed by atoms with Crippen LogP contribution in [-0.2, 0) is 15.1 Å². The fraction of sp³-hybridized carbons (Fsp3) is 0.429. The number of ether oxygens (including phenoxy) is 1. The molecule has 0 spiro atoms. The van der Waals surface area contributed by atoms with Crippen molar-refractivity contribution in [3.8, 4) is 5.75 Å². The maximum Gasteiger partial charge on any atom is 0.387 e. The van der Waals surface area contributed by atoms with E-state index in [-0.39, 0.29) is 11.3 Å². The summed E-state index contributed by atoms with van der Waals surface area (Å²) in [6.07, 6.45) is 0.387. The normalized spacial score (nSPS) is 13.9. The average Bonchev–Trinajstić information content (AvgIpc) is 2.38. The summed E-state index contributed by atoms with van der Waals surface area (Å²) in [7, 11) is 0. The van der Waals surface area contributed by atoms with Crippen molar-refractivity contribution in [2.45, 2.75) is 39.0 Å². The third-order valence-electron chi connectivity index (χ3n) is 3.23. The number of hydrogen-bond donors (Lipinski definition) is 1. The summed E-state index contributed by atoms with van der Waals surface area (Å²) >= 11 is 0. The van der Waals surface area contributed by atoms with Gasteiger partial charge >= 0.3 is 12.6 Å². The van der Waals surface area contributed by atoms with Crippen molar-refractivity contribution in [3.05, 3.63) is 29.8 Å². The van der Waals surface area contributed by atoms with Crippen LogP contribution in [0.5, 0.6) is 5.75 Å². The van der Waals surface area contributed by atoms with Crippen LogP contribution in [0.3, 0.4) is 0 Å². The van der Waals surface area contributed by atoms with E-state index in [4.69, 9.17) is 0 Å². The van der Waals surface area contributed by atoms with E-state index < -0.39 is 24.2 Å². The molecule has 0 aliphatic heterocycles. The molecular formula is C14H17F2NO4. The molecule has 1 amide bonds. The largest absolute Gasteiger partial charge is 0.479 e. The second kappa shape index (κ2) is 6.51. The molecule has 0 heterocycles. The molecule has 1 aromatic carbocycles. The Balaban J connectivity index is 3.48. The molecule has 1 aromatic rings. The highest BCUT2D eigenvalue weighted by atomic mass is 19.3. The van der Waals surface area contributed by atoms with Gasteiger partial charge in [-0.05, 0) is 26.8 Å². The Morgan fingerprint density at radius 3 is 2.38 bits per heavy atom. The molecule has 1 rings (SSSR count). The van der Waals surface area contributed by atoms with Crippen LogP contribution in [0.1, 0.15) is 26.3 Å². The van der Waals surface area contributed by atoms with E-state index in [0.717, 1.165) is 4.90 Å². The number of benzene rings is 1. The molecule has 0 saturated carbocycles. The quantitative estimate of drug-likeness (QED) is 0.786. The second-order valence-electron chi connectivity index (χ2n) is 4.86. The Morgan fingerprint density at radius 2 is 1.95 bits per heavy atom. The van der Waals surface area contributed by atoms with Crippen LogP contribution in [0.2, 0.25) is 0 Å². The van der Waals surface area contributed by atoms with E-state index in [2.05, 4.69) is 4.74 Å². The molecular weight excluding hydrogens is 284 g/mol. The number of carboxylic acids is 1. The molecule has 116 valence electrons. The van der Waals surface area contributed by atoms with Crippen molar-refractivity contribution in [1.82, 2.24) is 4.90 Å². The third-order valence-corrected chi connectivity index (χ3v) is 3.23. The zero-order chi connectivity index (χ0) is 16.2. The van der Waals surface area contributed by atoms with Gasteiger partial charge in [-0.1, -0.05) is 18.2 Å². The first-order valence-electron chi connectivity index (χ1n) is 6.26. The van der Waals surface area contributed by atoms with Crippen LogP contribution in [-0.4, -0.2) is 35.0 Å². The number of aliphatic carboxylic acids is 1. The SMILES string of the molecule is CC(C)N(C=O)C(C)(C(=O)O)c1ccccc1OC(F)F. The van der Waals surface area contributed by atoms with Gasteiger partial charge in [0.05, 0.1) is 0 Å². The second-order valence-corrected chi connectivity index (χ2v) is 4.86.